The smallest absolute Gasteiger partial charge is 0.231 e. The van der Waals surface area contributed by atoms with Gasteiger partial charge in [0.25, 0.3) is 0 Å². The van der Waals surface area contributed by atoms with Gasteiger partial charge in [-0.3, -0.25) is 9.69 Å². The molecule has 0 bridgehead atoms. The zero-order chi connectivity index (χ0) is 27.9. The molecule has 0 aliphatic carbocycles. The van der Waals surface area contributed by atoms with Gasteiger partial charge < -0.3 is 29.0 Å². The molecule has 3 aromatic heterocycles. The summed E-state index contributed by atoms with van der Waals surface area (Å²) in [6.07, 6.45) is 5.82. The second-order valence-electron chi connectivity index (χ2n) is 10.5. The van der Waals surface area contributed by atoms with Crippen molar-refractivity contribution in [1.29, 1.82) is 0 Å². The number of nitrogens with zero attached hydrogens (tertiary/aromatic N) is 5. The zero-order valence-electron chi connectivity index (χ0n) is 23.1. The molecule has 1 N–H and O–H groups in total. The van der Waals surface area contributed by atoms with Crippen LogP contribution in [0.1, 0.15) is 24.0 Å². The van der Waals surface area contributed by atoms with Gasteiger partial charge in [-0.15, -0.1) is 0 Å². The SMILES string of the molecule is CNc1ccc(N2CCCC(N(Cc3ccnc(OC)c3)Cc3c4n(c5cc6c(cc5c3=O)OCO6)CS4)C2)cn1. The van der Waals surface area contributed by atoms with Gasteiger partial charge >= 0.3 is 0 Å². The number of methoxy groups -OCH3 is 1. The summed E-state index contributed by atoms with van der Waals surface area (Å²) < 4.78 is 18.9. The van der Waals surface area contributed by atoms with Gasteiger partial charge in [0, 0.05) is 63.2 Å². The molecule has 10 nitrogen and oxygen atoms in total. The van der Waals surface area contributed by atoms with E-state index < -0.39 is 0 Å². The number of pyridine rings is 3. The molecule has 4 aromatic rings. The van der Waals surface area contributed by atoms with E-state index in [9.17, 15) is 4.79 Å². The van der Waals surface area contributed by atoms with Crippen molar-refractivity contribution in [2.75, 3.05) is 44.3 Å². The number of ether oxygens (including phenoxy) is 3. The van der Waals surface area contributed by atoms with E-state index in [0.717, 1.165) is 65.0 Å². The van der Waals surface area contributed by atoms with Gasteiger partial charge in [0.15, 0.2) is 16.9 Å². The molecule has 3 aliphatic heterocycles. The van der Waals surface area contributed by atoms with Crippen LogP contribution in [0.3, 0.4) is 0 Å². The number of anilines is 2. The Kier molecular flexibility index (Phi) is 6.83. The van der Waals surface area contributed by atoms with Gasteiger partial charge in [-0.2, -0.15) is 0 Å². The Bertz CT molecular complexity index is 1660. The number of aromatic nitrogens is 3. The van der Waals surface area contributed by atoms with E-state index in [1.54, 1.807) is 25.1 Å². The molecule has 0 amide bonds. The first-order valence-corrected chi connectivity index (χ1v) is 14.8. The number of hydrogen-bond acceptors (Lipinski definition) is 10. The van der Waals surface area contributed by atoms with Crippen LogP contribution in [-0.2, 0) is 19.0 Å². The predicted molar refractivity (Wildman–Crippen MR) is 159 cm³/mol. The maximum atomic E-state index is 14.0. The quantitative estimate of drug-likeness (QED) is 0.329. The third-order valence-corrected chi connectivity index (χ3v) is 9.30. The number of hydrogen-bond donors (Lipinski definition) is 1. The Morgan fingerprint density at radius 1 is 1.15 bits per heavy atom. The fraction of sp³-hybridized carbons (Fsp3) is 0.367. The molecular formula is C30H32N6O4S. The second kappa shape index (κ2) is 10.8. The molecular weight excluding hydrogens is 540 g/mol. The molecule has 1 aromatic carbocycles. The van der Waals surface area contributed by atoms with Crippen LogP contribution in [0.25, 0.3) is 10.9 Å². The van der Waals surface area contributed by atoms with Gasteiger partial charge in [0.2, 0.25) is 12.7 Å². The maximum absolute atomic E-state index is 14.0. The summed E-state index contributed by atoms with van der Waals surface area (Å²) in [4.78, 5) is 27.7. The van der Waals surface area contributed by atoms with Crippen molar-refractivity contribution in [2.24, 2.45) is 0 Å². The Balaban J connectivity index is 1.24. The number of benzene rings is 1. The van der Waals surface area contributed by atoms with Crippen LogP contribution in [-0.4, -0.2) is 59.5 Å². The summed E-state index contributed by atoms with van der Waals surface area (Å²) in [6, 6.07) is 12.2. The van der Waals surface area contributed by atoms with Crippen molar-refractivity contribution >= 4 is 34.2 Å². The Labute approximate surface area is 242 Å². The summed E-state index contributed by atoms with van der Waals surface area (Å²) in [5.74, 6) is 3.58. The first-order chi connectivity index (χ1) is 20.1. The maximum Gasteiger partial charge on any atom is 0.231 e. The van der Waals surface area contributed by atoms with Gasteiger partial charge in [-0.1, -0.05) is 11.8 Å². The number of piperidine rings is 1. The lowest BCUT2D eigenvalue weighted by atomic mass is 10.0. The second-order valence-corrected chi connectivity index (χ2v) is 11.5. The van der Waals surface area contributed by atoms with E-state index in [0.29, 0.717) is 35.9 Å². The van der Waals surface area contributed by atoms with Crippen LogP contribution in [0.4, 0.5) is 11.5 Å². The summed E-state index contributed by atoms with van der Waals surface area (Å²) in [5.41, 5.74) is 4.02. The Morgan fingerprint density at radius 3 is 2.78 bits per heavy atom. The van der Waals surface area contributed by atoms with Crippen molar-refractivity contribution in [2.45, 2.75) is 42.9 Å². The first kappa shape index (κ1) is 26.0. The minimum Gasteiger partial charge on any atom is -0.481 e. The standard InChI is InChI=1S/C30H32N6O4S/c1-31-27-6-5-20(13-33-27)34-9-3-4-21(15-34)35(14-19-7-8-32-28(10-19)38-2)16-23-29(37)22-11-25-26(40-18-39-25)12-24(22)36-17-41-30(23)36/h5-8,10-13,21H,3-4,9,14-18H2,1-2H3,(H,31,33). The fourth-order valence-corrected chi connectivity index (χ4v) is 6.93. The number of rotatable bonds is 8. The van der Waals surface area contributed by atoms with Crippen LogP contribution in [0.15, 0.2) is 58.6 Å². The van der Waals surface area contributed by atoms with E-state index in [1.165, 1.54) is 0 Å². The molecule has 212 valence electrons. The van der Waals surface area contributed by atoms with E-state index in [2.05, 4.69) is 35.7 Å². The number of nitrogens with one attached hydrogen (secondary N) is 1. The highest BCUT2D eigenvalue weighted by molar-refractivity contribution is 7.99. The van der Waals surface area contributed by atoms with Gasteiger partial charge in [-0.05, 0) is 42.7 Å². The molecule has 0 saturated carbocycles. The monoisotopic (exact) mass is 572 g/mol. The molecule has 7 rings (SSSR count). The van der Waals surface area contributed by atoms with Crippen LogP contribution in [0.5, 0.6) is 17.4 Å². The topological polar surface area (TPSA) is 94.0 Å². The van der Waals surface area contributed by atoms with Crippen LogP contribution < -0.4 is 29.9 Å². The lowest BCUT2D eigenvalue weighted by Gasteiger charge is -2.41. The molecule has 1 atom stereocenters. The lowest BCUT2D eigenvalue weighted by molar-refractivity contribution is 0.156. The van der Waals surface area contributed by atoms with E-state index in [-0.39, 0.29) is 18.3 Å². The van der Waals surface area contributed by atoms with E-state index in [1.807, 2.05) is 43.6 Å². The highest BCUT2D eigenvalue weighted by Crippen LogP contribution is 2.41. The number of fused-ring (bicyclic) bond motifs is 4. The zero-order valence-corrected chi connectivity index (χ0v) is 23.9. The molecule has 1 saturated heterocycles. The molecule has 1 unspecified atom stereocenters. The van der Waals surface area contributed by atoms with Crippen LogP contribution in [0, 0.1) is 0 Å². The highest BCUT2D eigenvalue weighted by atomic mass is 32.2. The molecule has 41 heavy (non-hydrogen) atoms. The highest BCUT2D eigenvalue weighted by Gasteiger charge is 2.31. The third kappa shape index (κ3) is 4.82. The van der Waals surface area contributed by atoms with Crippen molar-refractivity contribution in [1.82, 2.24) is 19.4 Å². The van der Waals surface area contributed by atoms with Crippen molar-refractivity contribution in [3.8, 4) is 17.4 Å². The van der Waals surface area contributed by atoms with Gasteiger partial charge in [-0.25, -0.2) is 9.97 Å². The van der Waals surface area contributed by atoms with Gasteiger partial charge in [0.05, 0.1) is 40.8 Å². The number of thioether (sulfide) groups is 1. The Morgan fingerprint density at radius 2 is 2.02 bits per heavy atom. The largest absolute Gasteiger partial charge is 0.481 e. The van der Waals surface area contributed by atoms with Crippen LogP contribution >= 0.6 is 11.8 Å². The molecule has 6 heterocycles. The molecule has 3 aliphatic rings. The minimum atomic E-state index is 0.0635. The lowest BCUT2D eigenvalue weighted by Crippen LogP contribution is -2.48. The average molecular weight is 573 g/mol. The van der Waals surface area contributed by atoms with Crippen LogP contribution in [0.2, 0.25) is 0 Å². The summed E-state index contributed by atoms with van der Waals surface area (Å²) in [7, 11) is 3.51. The van der Waals surface area contributed by atoms with Crippen molar-refractivity contribution in [3.05, 3.63) is 70.1 Å². The van der Waals surface area contributed by atoms with E-state index in [4.69, 9.17) is 14.2 Å². The fourth-order valence-electron chi connectivity index (χ4n) is 5.98. The summed E-state index contributed by atoms with van der Waals surface area (Å²) in [5, 5.41) is 4.81. The minimum absolute atomic E-state index is 0.0635. The third-order valence-electron chi connectivity index (χ3n) is 8.17. The van der Waals surface area contributed by atoms with Crippen molar-refractivity contribution in [3.63, 3.8) is 0 Å². The summed E-state index contributed by atoms with van der Waals surface area (Å²) in [6.45, 7) is 3.24. The Hall–Kier alpha value is -3.96. The average Bonchev–Trinajstić information content (AvgIpc) is 3.46. The predicted octanol–water partition coefficient (Wildman–Crippen LogP) is 4.30. The molecule has 0 radical (unpaired) electrons. The van der Waals surface area contributed by atoms with Gasteiger partial charge in [0.1, 0.15) is 5.82 Å². The first-order valence-electron chi connectivity index (χ1n) is 13.8. The van der Waals surface area contributed by atoms with Crippen molar-refractivity contribution < 1.29 is 14.2 Å². The molecule has 0 spiro atoms. The molecule has 1 fully saturated rings. The summed E-state index contributed by atoms with van der Waals surface area (Å²) >= 11 is 1.73. The normalized spacial score (nSPS) is 17.4. The molecule has 11 heteroatoms. The van der Waals surface area contributed by atoms with E-state index >= 15 is 0 Å².